The first-order valence-electron chi connectivity index (χ1n) is 8.92. The lowest BCUT2D eigenvalue weighted by Crippen LogP contribution is -2.23. The van der Waals surface area contributed by atoms with Crippen LogP contribution in [0, 0.1) is 0 Å². The zero-order chi connectivity index (χ0) is 20.2. The number of carbonyl (C=O) groups excluding carboxylic acids is 1. The number of rotatable bonds is 5. The van der Waals surface area contributed by atoms with Gasteiger partial charge in [-0.2, -0.15) is 0 Å². The molecule has 0 aliphatic rings. The summed E-state index contributed by atoms with van der Waals surface area (Å²) in [6, 6.07) is 17.7. The lowest BCUT2D eigenvalue weighted by molar-refractivity contribution is 0.0470. The summed E-state index contributed by atoms with van der Waals surface area (Å²) in [5, 5.41) is 0.626. The number of hydrogen-bond acceptors (Lipinski definition) is 5. The van der Waals surface area contributed by atoms with E-state index < -0.39 is 5.97 Å². The summed E-state index contributed by atoms with van der Waals surface area (Å²) in [5.41, 5.74) is 1.95. The van der Waals surface area contributed by atoms with E-state index in [2.05, 4.69) is 25.9 Å². The molecule has 0 bridgehead atoms. The molecule has 7 heteroatoms. The Balaban J connectivity index is 1.73. The molecule has 0 amide bonds. The molecule has 3 heterocycles. The highest BCUT2D eigenvalue weighted by molar-refractivity contribution is 9.10. The molecule has 0 spiro atoms. The first kappa shape index (κ1) is 19.0. The Bertz CT molecular complexity index is 1220. The quantitative estimate of drug-likeness (QED) is 0.431. The van der Waals surface area contributed by atoms with E-state index in [0.29, 0.717) is 23.1 Å². The number of ether oxygens (including phenoxy) is 1. The van der Waals surface area contributed by atoms with Crippen LogP contribution in [0.15, 0.2) is 82.3 Å². The Kier molecular flexibility index (Phi) is 5.48. The predicted molar refractivity (Wildman–Crippen MR) is 113 cm³/mol. The van der Waals surface area contributed by atoms with Crippen molar-refractivity contribution in [2.24, 2.45) is 0 Å². The van der Waals surface area contributed by atoms with Crippen molar-refractivity contribution in [1.82, 2.24) is 14.5 Å². The number of benzene rings is 1. The zero-order valence-electron chi connectivity index (χ0n) is 15.3. The SMILES string of the molecule is O=C(OCc1ccccn1)c1cc(=O)n(Cc2ccccn2)c2ccc(Br)cc12. The van der Waals surface area contributed by atoms with Crippen LogP contribution in [0.3, 0.4) is 0 Å². The Labute approximate surface area is 174 Å². The maximum Gasteiger partial charge on any atom is 0.339 e. The molecule has 144 valence electrons. The number of aromatic nitrogens is 3. The smallest absolute Gasteiger partial charge is 0.339 e. The summed E-state index contributed by atoms with van der Waals surface area (Å²) in [6.07, 6.45) is 3.32. The van der Waals surface area contributed by atoms with Gasteiger partial charge >= 0.3 is 5.97 Å². The third-order valence-electron chi connectivity index (χ3n) is 4.42. The maximum absolute atomic E-state index is 12.8. The molecule has 0 fully saturated rings. The number of pyridine rings is 3. The molecule has 0 atom stereocenters. The predicted octanol–water partition coefficient (Wildman–Crippen LogP) is 3.96. The normalized spacial score (nSPS) is 10.8. The average molecular weight is 450 g/mol. The molecule has 0 saturated carbocycles. The Morgan fingerprint density at radius 2 is 1.69 bits per heavy atom. The fourth-order valence-corrected chi connectivity index (χ4v) is 3.40. The van der Waals surface area contributed by atoms with Crippen LogP contribution in [0.5, 0.6) is 0 Å². The monoisotopic (exact) mass is 449 g/mol. The van der Waals surface area contributed by atoms with Crippen molar-refractivity contribution in [1.29, 1.82) is 0 Å². The number of halogens is 1. The fourth-order valence-electron chi connectivity index (χ4n) is 3.04. The van der Waals surface area contributed by atoms with Gasteiger partial charge in [0.05, 0.1) is 29.0 Å². The largest absolute Gasteiger partial charge is 0.456 e. The van der Waals surface area contributed by atoms with E-state index in [1.807, 2.05) is 30.3 Å². The zero-order valence-corrected chi connectivity index (χ0v) is 16.9. The molecular weight excluding hydrogens is 434 g/mol. The molecule has 6 nitrogen and oxygen atoms in total. The molecule has 0 saturated heterocycles. The van der Waals surface area contributed by atoms with Gasteiger partial charge in [0.2, 0.25) is 0 Å². The minimum atomic E-state index is -0.569. The second-order valence-electron chi connectivity index (χ2n) is 6.36. The van der Waals surface area contributed by atoms with E-state index in [9.17, 15) is 9.59 Å². The summed E-state index contributed by atoms with van der Waals surface area (Å²) in [7, 11) is 0. The standard InChI is InChI=1S/C22H16BrN3O3/c23-15-7-8-20-18(11-15)19(22(28)29-14-17-6-2-4-10-25-17)12-21(27)26(20)13-16-5-1-3-9-24-16/h1-12H,13-14H2. The molecule has 0 radical (unpaired) electrons. The van der Waals surface area contributed by atoms with Crippen molar-refractivity contribution in [3.05, 3.63) is 105 Å². The van der Waals surface area contributed by atoms with E-state index >= 15 is 0 Å². The van der Waals surface area contributed by atoms with Crippen LogP contribution >= 0.6 is 15.9 Å². The molecule has 29 heavy (non-hydrogen) atoms. The van der Waals surface area contributed by atoms with Crippen molar-refractivity contribution in [2.75, 3.05) is 0 Å². The van der Waals surface area contributed by atoms with Gasteiger partial charge in [0.15, 0.2) is 0 Å². The summed E-state index contributed by atoms with van der Waals surface area (Å²) in [6.45, 7) is 0.341. The number of carbonyl (C=O) groups is 1. The third kappa shape index (κ3) is 4.25. The summed E-state index contributed by atoms with van der Waals surface area (Å²) in [5.74, 6) is -0.569. The van der Waals surface area contributed by atoms with Crippen LogP contribution in [-0.4, -0.2) is 20.5 Å². The number of hydrogen-bond donors (Lipinski definition) is 0. The van der Waals surface area contributed by atoms with Crippen LogP contribution in [-0.2, 0) is 17.9 Å². The molecule has 0 unspecified atom stereocenters. The molecule has 0 aliphatic carbocycles. The van der Waals surface area contributed by atoms with E-state index in [1.165, 1.54) is 6.07 Å². The molecule has 3 aromatic heterocycles. The van der Waals surface area contributed by atoms with Gasteiger partial charge in [-0.1, -0.05) is 28.1 Å². The van der Waals surface area contributed by atoms with Crippen molar-refractivity contribution in [3.8, 4) is 0 Å². The average Bonchev–Trinajstić information content (AvgIpc) is 2.75. The number of nitrogens with zero attached hydrogens (tertiary/aromatic N) is 3. The molecule has 1 aromatic carbocycles. The number of fused-ring (bicyclic) bond motifs is 1. The van der Waals surface area contributed by atoms with Crippen LogP contribution in [0.25, 0.3) is 10.9 Å². The van der Waals surface area contributed by atoms with Crippen molar-refractivity contribution < 1.29 is 9.53 Å². The Morgan fingerprint density at radius 1 is 0.966 bits per heavy atom. The van der Waals surface area contributed by atoms with Crippen LogP contribution < -0.4 is 5.56 Å². The van der Waals surface area contributed by atoms with Gasteiger partial charge in [0.25, 0.3) is 5.56 Å². The highest BCUT2D eigenvalue weighted by atomic mass is 79.9. The van der Waals surface area contributed by atoms with E-state index in [-0.39, 0.29) is 17.7 Å². The topological polar surface area (TPSA) is 74.1 Å². The molecular formula is C22H16BrN3O3. The molecule has 0 N–H and O–H groups in total. The first-order valence-corrected chi connectivity index (χ1v) is 9.71. The second kappa shape index (κ2) is 8.36. The summed E-state index contributed by atoms with van der Waals surface area (Å²) >= 11 is 3.44. The van der Waals surface area contributed by atoms with Crippen molar-refractivity contribution in [3.63, 3.8) is 0 Å². The Morgan fingerprint density at radius 3 is 2.38 bits per heavy atom. The highest BCUT2D eigenvalue weighted by Crippen LogP contribution is 2.23. The Hall–Kier alpha value is -3.32. The number of esters is 1. The van der Waals surface area contributed by atoms with Crippen LogP contribution in [0.1, 0.15) is 21.7 Å². The van der Waals surface area contributed by atoms with E-state index in [1.54, 1.807) is 41.2 Å². The minimum Gasteiger partial charge on any atom is -0.456 e. The first-order chi connectivity index (χ1) is 14.1. The third-order valence-corrected chi connectivity index (χ3v) is 4.91. The van der Waals surface area contributed by atoms with Gasteiger partial charge in [0, 0.05) is 28.3 Å². The van der Waals surface area contributed by atoms with E-state index in [0.717, 1.165) is 10.2 Å². The van der Waals surface area contributed by atoms with Crippen LogP contribution in [0.4, 0.5) is 0 Å². The highest BCUT2D eigenvalue weighted by Gasteiger charge is 2.17. The van der Waals surface area contributed by atoms with E-state index in [4.69, 9.17) is 4.74 Å². The molecule has 0 aliphatic heterocycles. The summed E-state index contributed by atoms with van der Waals surface area (Å²) < 4.78 is 7.79. The molecule has 4 aromatic rings. The van der Waals surface area contributed by atoms with Crippen molar-refractivity contribution in [2.45, 2.75) is 13.2 Å². The fraction of sp³-hybridized carbons (Fsp3) is 0.0909. The maximum atomic E-state index is 12.8. The minimum absolute atomic E-state index is 0.0339. The van der Waals surface area contributed by atoms with Gasteiger partial charge in [-0.25, -0.2) is 4.79 Å². The lowest BCUT2D eigenvalue weighted by Gasteiger charge is -2.13. The molecule has 4 rings (SSSR count). The van der Waals surface area contributed by atoms with Crippen LogP contribution in [0.2, 0.25) is 0 Å². The summed E-state index contributed by atoms with van der Waals surface area (Å²) in [4.78, 5) is 34.0. The van der Waals surface area contributed by atoms with Gasteiger partial charge in [0.1, 0.15) is 6.61 Å². The second-order valence-corrected chi connectivity index (χ2v) is 7.28. The lowest BCUT2D eigenvalue weighted by atomic mass is 10.1. The van der Waals surface area contributed by atoms with Gasteiger partial charge in [-0.3, -0.25) is 14.8 Å². The van der Waals surface area contributed by atoms with Crippen molar-refractivity contribution >= 4 is 32.8 Å². The van der Waals surface area contributed by atoms with Gasteiger partial charge < -0.3 is 9.30 Å². The van der Waals surface area contributed by atoms with Gasteiger partial charge in [-0.15, -0.1) is 0 Å². The van der Waals surface area contributed by atoms with Gasteiger partial charge in [-0.05, 0) is 42.5 Å².